The Labute approximate surface area is 208 Å². The average Bonchev–Trinajstić information content (AvgIpc) is 3.23. The highest BCUT2D eigenvalue weighted by Gasteiger charge is 2.32. The number of nitriles is 1. The van der Waals surface area contributed by atoms with Crippen LogP contribution in [0.1, 0.15) is 31.0 Å². The summed E-state index contributed by atoms with van der Waals surface area (Å²) in [5, 5.41) is 9.37. The van der Waals surface area contributed by atoms with Crippen LogP contribution in [0.3, 0.4) is 0 Å². The second-order valence-corrected chi connectivity index (χ2v) is 9.41. The molecule has 36 heavy (non-hydrogen) atoms. The Hall–Kier alpha value is -4.03. The summed E-state index contributed by atoms with van der Waals surface area (Å²) in [7, 11) is 1.71. The molecule has 0 bridgehead atoms. The fourth-order valence-corrected chi connectivity index (χ4v) is 4.86. The van der Waals surface area contributed by atoms with Gasteiger partial charge in [0.25, 0.3) is 5.56 Å². The number of pyridine rings is 2. The van der Waals surface area contributed by atoms with Crippen molar-refractivity contribution in [3.63, 3.8) is 0 Å². The summed E-state index contributed by atoms with van der Waals surface area (Å²) in [6.45, 7) is 8.13. The second-order valence-electron chi connectivity index (χ2n) is 9.41. The van der Waals surface area contributed by atoms with Gasteiger partial charge in [-0.05, 0) is 51.1 Å². The molecule has 8 nitrogen and oxygen atoms in total. The smallest absolute Gasteiger partial charge is 0.252 e. The summed E-state index contributed by atoms with van der Waals surface area (Å²) in [5.41, 5.74) is 3.72. The highest BCUT2D eigenvalue weighted by molar-refractivity contribution is 5.89. The largest absolute Gasteiger partial charge is 0.441 e. The topological polar surface area (TPSA) is 91.2 Å². The Morgan fingerprint density at radius 1 is 1.14 bits per heavy atom. The first-order chi connectivity index (χ1) is 17.2. The normalized spacial score (nSPS) is 18.5. The fraction of sp³-hybridized carbons (Fsp3) is 0.333. The maximum atomic E-state index is 13.7. The van der Waals surface area contributed by atoms with Crippen molar-refractivity contribution >= 4 is 16.7 Å². The van der Waals surface area contributed by atoms with Crippen molar-refractivity contribution in [1.82, 2.24) is 19.4 Å². The number of aromatic nitrogens is 3. The van der Waals surface area contributed by atoms with Gasteiger partial charge in [0.2, 0.25) is 5.89 Å². The zero-order valence-electron chi connectivity index (χ0n) is 20.7. The second kappa shape index (κ2) is 9.21. The highest BCUT2D eigenvalue weighted by Crippen LogP contribution is 2.30. The van der Waals surface area contributed by atoms with Crippen molar-refractivity contribution in [1.29, 1.82) is 5.26 Å². The van der Waals surface area contributed by atoms with Crippen LogP contribution >= 0.6 is 0 Å². The van der Waals surface area contributed by atoms with Gasteiger partial charge in [0.1, 0.15) is 28.9 Å². The third kappa shape index (κ3) is 4.25. The number of oxazole rings is 1. The van der Waals surface area contributed by atoms with E-state index in [0.29, 0.717) is 47.0 Å². The minimum Gasteiger partial charge on any atom is -0.441 e. The molecule has 184 valence electrons. The number of rotatable bonds is 4. The zero-order valence-corrected chi connectivity index (χ0v) is 20.7. The summed E-state index contributed by atoms with van der Waals surface area (Å²) in [6.07, 6.45) is 0. The Balaban J connectivity index is 1.41. The van der Waals surface area contributed by atoms with Crippen LogP contribution in [-0.2, 0) is 13.6 Å². The number of piperazine rings is 1. The van der Waals surface area contributed by atoms with Gasteiger partial charge in [-0.3, -0.25) is 9.69 Å². The van der Waals surface area contributed by atoms with Crippen molar-refractivity contribution in [2.75, 3.05) is 18.0 Å². The Kier molecular flexibility index (Phi) is 6.06. The molecular weight excluding hydrogens is 459 g/mol. The molecule has 2 atom stereocenters. The lowest BCUT2D eigenvalue weighted by atomic mass is 10.1. The van der Waals surface area contributed by atoms with E-state index in [0.717, 1.165) is 17.9 Å². The van der Waals surface area contributed by atoms with Crippen LogP contribution in [-0.4, -0.2) is 44.6 Å². The van der Waals surface area contributed by atoms with E-state index in [2.05, 4.69) is 39.7 Å². The monoisotopic (exact) mass is 486 g/mol. The molecular formula is C27H27FN6O2. The number of halogens is 1. The standard InChI is InChI=1S/C27H27FN6O2/c1-16-14-34(24-11-25(35)32(4)23-9-8-21(12-29)30-26(23)24)17(2)13-33(16)15-22-18(3)36-27(31-22)19-6-5-7-20(28)10-19/h5-11,16-17H,13-15H2,1-4H3/t16-,17+/m1/s1. The molecule has 5 rings (SSSR count). The van der Waals surface area contributed by atoms with E-state index in [1.54, 1.807) is 41.9 Å². The number of aryl methyl sites for hydroxylation is 2. The summed E-state index contributed by atoms with van der Waals surface area (Å²) >= 11 is 0. The van der Waals surface area contributed by atoms with Gasteiger partial charge in [0.05, 0.1) is 16.9 Å². The lowest BCUT2D eigenvalue weighted by Crippen LogP contribution is -2.56. The summed E-state index contributed by atoms with van der Waals surface area (Å²) in [6, 6.07) is 13.6. The number of hydrogen-bond acceptors (Lipinski definition) is 7. The maximum absolute atomic E-state index is 13.7. The van der Waals surface area contributed by atoms with Crippen LogP contribution in [0.25, 0.3) is 22.5 Å². The number of fused-ring (bicyclic) bond motifs is 1. The minimum atomic E-state index is -0.330. The fourth-order valence-electron chi connectivity index (χ4n) is 4.86. The van der Waals surface area contributed by atoms with Crippen molar-refractivity contribution in [3.8, 4) is 17.5 Å². The van der Waals surface area contributed by atoms with Gasteiger partial charge in [-0.15, -0.1) is 0 Å². The van der Waals surface area contributed by atoms with Crippen LogP contribution in [0.4, 0.5) is 10.1 Å². The molecule has 1 aliphatic heterocycles. The van der Waals surface area contributed by atoms with E-state index in [-0.39, 0.29) is 23.5 Å². The van der Waals surface area contributed by atoms with Crippen LogP contribution in [0.5, 0.6) is 0 Å². The van der Waals surface area contributed by atoms with Gasteiger partial charge in [0, 0.05) is 50.4 Å². The van der Waals surface area contributed by atoms with E-state index in [1.807, 2.05) is 6.92 Å². The third-order valence-corrected chi connectivity index (χ3v) is 6.92. The van der Waals surface area contributed by atoms with E-state index in [4.69, 9.17) is 4.42 Å². The number of nitrogens with zero attached hydrogens (tertiary/aromatic N) is 6. The van der Waals surface area contributed by atoms with Gasteiger partial charge in [-0.1, -0.05) is 6.07 Å². The van der Waals surface area contributed by atoms with Crippen LogP contribution < -0.4 is 10.5 Å². The predicted molar refractivity (Wildman–Crippen MR) is 135 cm³/mol. The lowest BCUT2D eigenvalue weighted by Gasteiger charge is -2.45. The molecule has 0 unspecified atom stereocenters. The van der Waals surface area contributed by atoms with Gasteiger partial charge in [-0.25, -0.2) is 14.4 Å². The molecule has 0 N–H and O–H groups in total. The quantitative estimate of drug-likeness (QED) is 0.430. The van der Waals surface area contributed by atoms with Crippen molar-refractivity contribution in [2.24, 2.45) is 7.05 Å². The van der Waals surface area contributed by atoms with Gasteiger partial charge < -0.3 is 13.9 Å². The van der Waals surface area contributed by atoms with Crippen LogP contribution in [0.2, 0.25) is 0 Å². The molecule has 4 heterocycles. The first-order valence-corrected chi connectivity index (χ1v) is 11.9. The van der Waals surface area contributed by atoms with E-state index in [1.165, 1.54) is 12.1 Å². The molecule has 9 heteroatoms. The maximum Gasteiger partial charge on any atom is 0.252 e. The lowest BCUT2D eigenvalue weighted by molar-refractivity contribution is 0.156. The predicted octanol–water partition coefficient (Wildman–Crippen LogP) is 4.01. The molecule has 0 radical (unpaired) electrons. The highest BCUT2D eigenvalue weighted by atomic mass is 19.1. The van der Waals surface area contributed by atoms with Crippen LogP contribution in [0, 0.1) is 24.1 Å². The molecule has 3 aromatic heterocycles. The van der Waals surface area contributed by atoms with E-state index in [9.17, 15) is 14.4 Å². The molecule has 1 aliphatic rings. The summed E-state index contributed by atoms with van der Waals surface area (Å²) < 4.78 is 21.1. The van der Waals surface area contributed by atoms with Crippen molar-refractivity contribution < 1.29 is 8.81 Å². The molecule has 1 saturated heterocycles. The average molecular weight is 487 g/mol. The van der Waals surface area contributed by atoms with Gasteiger partial charge in [0.15, 0.2) is 0 Å². The third-order valence-electron chi connectivity index (χ3n) is 6.92. The molecule has 0 saturated carbocycles. The first kappa shape index (κ1) is 23.7. The summed E-state index contributed by atoms with van der Waals surface area (Å²) in [4.78, 5) is 26.4. The molecule has 4 aromatic rings. The SMILES string of the molecule is Cc1oc(-c2cccc(F)c2)nc1CN1C[C@H](C)N(c2cc(=O)n(C)c3ccc(C#N)nc23)C[C@H]1C. The molecule has 1 aromatic carbocycles. The van der Waals surface area contributed by atoms with Gasteiger partial charge >= 0.3 is 0 Å². The van der Waals surface area contributed by atoms with Crippen molar-refractivity contribution in [3.05, 3.63) is 75.8 Å². The Morgan fingerprint density at radius 3 is 2.69 bits per heavy atom. The number of anilines is 1. The Morgan fingerprint density at radius 2 is 1.94 bits per heavy atom. The molecule has 0 aliphatic carbocycles. The number of hydrogen-bond donors (Lipinski definition) is 0. The first-order valence-electron chi connectivity index (χ1n) is 11.9. The Bertz CT molecular complexity index is 1550. The number of benzene rings is 1. The van der Waals surface area contributed by atoms with Gasteiger partial charge in [-0.2, -0.15) is 5.26 Å². The van der Waals surface area contributed by atoms with Crippen LogP contribution in [0.15, 0.2) is 51.7 Å². The van der Waals surface area contributed by atoms with Crippen molar-refractivity contribution in [2.45, 2.75) is 39.4 Å². The van der Waals surface area contributed by atoms with E-state index >= 15 is 0 Å². The zero-order chi connectivity index (χ0) is 25.6. The molecule has 0 amide bonds. The summed E-state index contributed by atoms with van der Waals surface area (Å²) in [5.74, 6) is 0.790. The van der Waals surface area contributed by atoms with E-state index < -0.39 is 0 Å². The molecule has 0 spiro atoms. The molecule has 1 fully saturated rings. The minimum absolute atomic E-state index is 0.0824.